The van der Waals surface area contributed by atoms with Gasteiger partial charge in [-0.2, -0.15) is 4.98 Å². The number of carbonyl (C=O) groups excluding carboxylic acids is 1. The van der Waals surface area contributed by atoms with Gasteiger partial charge in [0.25, 0.3) is 0 Å². The zero-order valence-corrected chi connectivity index (χ0v) is 12.3. The van der Waals surface area contributed by atoms with E-state index in [1.807, 2.05) is 9.80 Å². The van der Waals surface area contributed by atoms with Crippen molar-refractivity contribution in [3.8, 4) is 5.88 Å². The van der Waals surface area contributed by atoms with Crippen LogP contribution in [0, 0.1) is 5.92 Å². The lowest BCUT2D eigenvalue weighted by molar-refractivity contribution is 0.0221. The molecule has 2 aliphatic heterocycles. The van der Waals surface area contributed by atoms with Crippen molar-refractivity contribution in [1.29, 1.82) is 0 Å². The van der Waals surface area contributed by atoms with E-state index >= 15 is 0 Å². The largest absolute Gasteiger partial charge is 0.476 e. The van der Waals surface area contributed by atoms with Crippen molar-refractivity contribution >= 4 is 17.6 Å². The lowest BCUT2D eigenvalue weighted by Crippen LogP contribution is -2.57. The van der Waals surface area contributed by atoms with E-state index < -0.39 is 0 Å². The van der Waals surface area contributed by atoms with Crippen molar-refractivity contribution in [3.63, 3.8) is 0 Å². The van der Waals surface area contributed by atoms with E-state index in [2.05, 4.69) is 9.97 Å². The van der Waals surface area contributed by atoms with Crippen LogP contribution in [0.5, 0.6) is 5.88 Å². The van der Waals surface area contributed by atoms with Crippen LogP contribution in [0.2, 0.25) is 5.15 Å². The van der Waals surface area contributed by atoms with Gasteiger partial charge in [0, 0.05) is 32.1 Å². The summed E-state index contributed by atoms with van der Waals surface area (Å²) in [5.74, 6) is 0.747. The standard InChI is InChI=1S/C13H17ClN4O3/c14-11-5-15-6-12(16-11)21-9-10-7-18(8-10)13(19)17-1-3-20-4-2-17/h5-6,10H,1-4,7-9H2. The first kappa shape index (κ1) is 14.3. The lowest BCUT2D eigenvalue weighted by atomic mass is 10.0. The predicted octanol–water partition coefficient (Wildman–Crippen LogP) is 0.893. The van der Waals surface area contributed by atoms with Gasteiger partial charge in [-0.15, -0.1) is 0 Å². The van der Waals surface area contributed by atoms with E-state index in [0.29, 0.717) is 63.0 Å². The van der Waals surface area contributed by atoms with E-state index in [0.717, 1.165) is 0 Å². The number of ether oxygens (including phenoxy) is 2. The van der Waals surface area contributed by atoms with Gasteiger partial charge in [0.15, 0.2) is 5.15 Å². The number of hydrogen-bond acceptors (Lipinski definition) is 5. The SMILES string of the molecule is O=C(N1CCOCC1)N1CC(COc2cncc(Cl)n2)C1. The average Bonchev–Trinajstić information content (AvgIpc) is 2.46. The summed E-state index contributed by atoms with van der Waals surface area (Å²) in [5, 5.41) is 0.310. The molecule has 2 aliphatic rings. The number of carbonyl (C=O) groups is 1. The first-order valence-corrected chi connectivity index (χ1v) is 7.32. The summed E-state index contributed by atoms with van der Waals surface area (Å²) in [4.78, 5) is 23.8. The summed E-state index contributed by atoms with van der Waals surface area (Å²) in [6.45, 7) is 4.54. The molecular weight excluding hydrogens is 296 g/mol. The second kappa shape index (κ2) is 6.44. The van der Waals surface area contributed by atoms with Gasteiger partial charge in [-0.1, -0.05) is 11.6 Å². The van der Waals surface area contributed by atoms with Crippen LogP contribution in [0.3, 0.4) is 0 Å². The second-order valence-electron chi connectivity index (χ2n) is 5.14. The number of likely N-dealkylation sites (tertiary alicyclic amines) is 1. The maximum absolute atomic E-state index is 12.2. The topological polar surface area (TPSA) is 67.8 Å². The molecular formula is C13H17ClN4O3. The molecule has 0 saturated carbocycles. The van der Waals surface area contributed by atoms with Crippen LogP contribution in [0.4, 0.5) is 4.79 Å². The number of rotatable bonds is 3. The monoisotopic (exact) mass is 312 g/mol. The van der Waals surface area contributed by atoms with Crippen molar-refractivity contribution in [2.45, 2.75) is 0 Å². The highest BCUT2D eigenvalue weighted by atomic mass is 35.5. The minimum absolute atomic E-state index is 0.0945. The molecule has 0 unspecified atom stereocenters. The fourth-order valence-electron chi connectivity index (χ4n) is 2.38. The van der Waals surface area contributed by atoms with Crippen LogP contribution in [-0.2, 0) is 4.74 Å². The number of urea groups is 1. The maximum Gasteiger partial charge on any atom is 0.320 e. The number of hydrogen-bond donors (Lipinski definition) is 0. The first-order valence-electron chi connectivity index (χ1n) is 6.94. The molecule has 7 nitrogen and oxygen atoms in total. The van der Waals surface area contributed by atoms with E-state index in [1.165, 1.54) is 12.4 Å². The van der Waals surface area contributed by atoms with Crippen LogP contribution >= 0.6 is 11.6 Å². The molecule has 3 heterocycles. The molecule has 1 aromatic rings. The Kier molecular flexibility index (Phi) is 4.40. The van der Waals surface area contributed by atoms with Gasteiger partial charge in [0.2, 0.25) is 5.88 Å². The minimum Gasteiger partial charge on any atom is -0.476 e. The smallest absolute Gasteiger partial charge is 0.320 e. The van der Waals surface area contributed by atoms with Gasteiger partial charge < -0.3 is 19.3 Å². The third kappa shape index (κ3) is 3.54. The van der Waals surface area contributed by atoms with E-state index in [-0.39, 0.29) is 6.03 Å². The number of halogens is 1. The molecule has 3 rings (SSSR count). The predicted molar refractivity (Wildman–Crippen MR) is 75.4 cm³/mol. The molecule has 1 aromatic heterocycles. The highest BCUT2D eigenvalue weighted by molar-refractivity contribution is 6.29. The Labute approximate surface area is 127 Å². The molecule has 21 heavy (non-hydrogen) atoms. The zero-order chi connectivity index (χ0) is 14.7. The molecule has 0 aliphatic carbocycles. The summed E-state index contributed by atoms with van der Waals surface area (Å²) in [7, 11) is 0. The highest BCUT2D eigenvalue weighted by Gasteiger charge is 2.34. The van der Waals surface area contributed by atoms with Gasteiger partial charge >= 0.3 is 6.03 Å². The fraction of sp³-hybridized carbons (Fsp3) is 0.615. The third-order valence-corrected chi connectivity index (χ3v) is 3.74. The zero-order valence-electron chi connectivity index (χ0n) is 11.6. The fourth-order valence-corrected chi connectivity index (χ4v) is 2.52. The first-order chi connectivity index (χ1) is 10.2. The molecule has 0 N–H and O–H groups in total. The lowest BCUT2D eigenvalue weighted by Gasteiger charge is -2.42. The van der Waals surface area contributed by atoms with Crippen molar-refractivity contribution in [2.24, 2.45) is 5.92 Å². The van der Waals surface area contributed by atoms with E-state index in [9.17, 15) is 4.79 Å². The molecule has 0 aromatic carbocycles. The molecule has 0 atom stereocenters. The van der Waals surface area contributed by atoms with Crippen LogP contribution in [0.25, 0.3) is 0 Å². The Morgan fingerprint density at radius 3 is 2.81 bits per heavy atom. The number of nitrogens with zero attached hydrogens (tertiary/aromatic N) is 4. The van der Waals surface area contributed by atoms with Crippen molar-refractivity contribution in [3.05, 3.63) is 17.5 Å². The number of morpholine rings is 1. The summed E-state index contributed by atoms with van der Waals surface area (Å²) in [5.41, 5.74) is 0. The summed E-state index contributed by atoms with van der Waals surface area (Å²) < 4.78 is 10.8. The molecule has 2 amide bonds. The Hall–Kier alpha value is -1.60. The second-order valence-corrected chi connectivity index (χ2v) is 5.53. The van der Waals surface area contributed by atoms with Gasteiger partial charge in [-0.25, -0.2) is 4.79 Å². The van der Waals surface area contributed by atoms with Gasteiger partial charge in [0.05, 0.1) is 32.2 Å². The van der Waals surface area contributed by atoms with Gasteiger partial charge in [-0.05, 0) is 0 Å². The number of amides is 2. The Bertz CT molecular complexity index is 504. The van der Waals surface area contributed by atoms with Gasteiger partial charge in [0.1, 0.15) is 0 Å². The van der Waals surface area contributed by atoms with Crippen molar-refractivity contribution in [1.82, 2.24) is 19.8 Å². The molecule has 0 radical (unpaired) electrons. The number of aromatic nitrogens is 2. The van der Waals surface area contributed by atoms with Crippen LogP contribution in [0.15, 0.2) is 12.4 Å². The molecule has 2 fully saturated rings. The van der Waals surface area contributed by atoms with E-state index in [4.69, 9.17) is 21.1 Å². The quantitative estimate of drug-likeness (QED) is 0.829. The van der Waals surface area contributed by atoms with Crippen molar-refractivity contribution in [2.75, 3.05) is 46.0 Å². The van der Waals surface area contributed by atoms with Crippen LogP contribution in [0.1, 0.15) is 0 Å². The summed E-state index contributed by atoms with van der Waals surface area (Å²) >= 11 is 5.74. The molecule has 0 bridgehead atoms. The van der Waals surface area contributed by atoms with Crippen molar-refractivity contribution < 1.29 is 14.3 Å². The Morgan fingerprint density at radius 1 is 1.33 bits per heavy atom. The summed E-state index contributed by atoms with van der Waals surface area (Å²) in [6.07, 6.45) is 2.99. The Balaban J connectivity index is 1.40. The highest BCUT2D eigenvalue weighted by Crippen LogP contribution is 2.19. The normalized spacial score (nSPS) is 19.3. The molecule has 0 spiro atoms. The molecule has 114 valence electrons. The average molecular weight is 313 g/mol. The Morgan fingerprint density at radius 2 is 2.10 bits per heavy atom. The maximum atomic E-state index is 12.2. The van der Waals surface area contributed by atoms with Gasteiger partial charge in [-0.3, -0.25) is 4.98 Å². The third-order valence-electron chi connectivity index (χ3n) is 3.56. The van der Waals surface area contributed by atoms with Crippen LogP contribution < -0.4 is 4.74 Å². The van der Waals surface area contributed by atoms with Crippen LogP contribution in [-0.4, -0.2) is 71.8 Å². The summed E-state index contributed by atoms with van der Waals surface area (Å²) in [6, 6.07) is 0.0945. The van der Waals surface area contributed by atoms with E-state index in [1.54, 1.807) is 0 Å². The molecule has 2 saturated heterocycles. The molecule has 8 heteroatoms. The minimum atomic E-state index is 0.0945.